The predicted octanol–water partition coefficient (Wildman–Crippen LogP) is 3.09. The van der Waals surface area contributed by atoms with Crippen LogP contribution in [0.15, 0.2) is 0 Å². The Morgan fingerprint density at radius 3 is 2.37 bits per heavy atom. The van der Waals surface area contributed by atoms with Crippen LogP contribution in [0, 0.1) is 11.8 Å². The zero-order chi connectivity index (χ0) is 14.1. The molecule has 1 rings (SSSR count). The number of carbonyl (C=O) groups is 2. The summed E-state index contributed by atoms with van der Waals surface area (Å²) < 4.78 is 10.1. The van der Waals surface area contributed by atoms with E-state index in [4.69, 9.17) is 9.47 Å². The van der Waals surface area contributed by atoms with Crippen molar-refractivity contribution >= 4 is 11.9 Å². The van der Waals surface area contributed by atoms with E-state index in [1.807, 2.05) is 0 Å². The Balaban J connectivity index is 2.26. The molecule has 0 N–H and O–H groups in total. The van der Waals surface area contributed by atoms with Crippen LogP contribution in [0.25, 0.3) is 0 Å². The number of methoxy groups -OCH3 is 1. The smallest absolute Gasteiger partial charge is 0.308 e. The van der Waals surface area contributed by atoms with Crippen LogP contribution in [0.5, 0.6) is 0 Å². The average molecular weight is 270 g/mol. The third kappa shape index (κ3) is 5.62. The molecular formula is C15H26O4. The van der Waals surface area contributed by atoms with E-state index >= 15 is 0 Å². The highest BCUT2D eigenvalue weighted by atomic mass is 16.5. The SMILES string of the molecule is CCCCCCOC(=O)C1CCCC(C(=O)OC)C1. The number of hydrogen-bond acceptors (Lipinski definition) is 4. The molecule has 0 heterocycles. The molecule has 2 atom stereocenters. The van der Waals surface area contributed by atoms with Gasteiger partial charge in [-0.25, -0.2) is 0 Å². The molecule has 2 unspecified atom stereocenters. The number of rotatable bonds is 7. The maximum atomic E-state index is 11.9. The molecule has 0 aromatic heterocycles. The van der Waals surface area contributed by atoms with Crippen molar-refractivity contribution in [3.05, 3.63) is 0 Å². The summed E-state index contributed by atoms with van der Waals surface area (Å²) in [5.41, 5.74) is 0. The van der Waals surface area contributed by atoms with E-state index in [2.05, 4.69) is 6.92 Å². The van der Waals surface area contributed by atoms with E-state index < -0.39 is 0 Å². The summed E-state index contributed by atoms with van der Waals surface area (Å²) in [6, 6.07) is 0. The second-order valence-electron chi connectivity index (χ2n) is 5.31. The van der Waals surface area contributed by atoms with Crippen molar-refractivity contribution in [2.45, 2.75) is 58.3 Å². The maximum absolute atomic E-state index is 11.9. The van der Waals surface area contributed by atoms with Gasteiger partial charge in [0.2, 0.25) is 0 Å². The van der Waals surface area contributed by atoms with Gasteiger partial charge in [0.15, 0.2) is 0 Å². The molecule has 0 radical (unpaired) electrons. The molecule has 0 amide bonds. The van der Waals surface area contributed by atoms with E-state index in [9.17, 15) is 9.59 Å². The summed E-state index contributed by atoms with van der Waals surface area (Å²) in [4.78, 5) is 23.4. The lowest BCUT2D eigenvalue weighted by Gasteiger charge is -2.25. The highest BCUT2D eigenvalue weighted by molar-refractivity contribution is 5.76. The Labute approximate surface area is 115 Å². The first-order valence-corrected chi connectivity index (χ1v) is 7.43. The van der Waals surface area contributed by atoms with Crippen LogP contribution >= 0.6 is 0 Å². The van der Waals surface area contributed by atoms with Crippen LogP contribution in [-0.2, 0) is 19.1 Å². The first-order valence-electron chi connectivity index (χ1n) is 7.43. The Morgan fingerprint density at radius 2 is 1.74 bits per heavy atom. The van der Waals surface area contributed by atoms with Gasteiger partial charge in [0.05, 0.1) is 25.6 Å². The number of ether oxygens (including phenoxy) is 2. The topological polar surface area (TPSA) is 52.6 Å². The molecule has 4 heteroatoms. The van der Waals surface area contributed by atoms with E-state index in [1.165, 1.54) is 20.0 Å². The average Bonchev–Trinajstić information content (AvgIpc) is 2.46. The second-order valence-corrected chi connectivity index (χ2v) is 5.31. The third-order valence-electron chi connectivity index (χ3n) is 3.78. The van der Waals surface area contributed by atoms with Gasteiger partial charge in [-0.15, -0.1) is 0 Å². The molecule has 0 aromatic carbocycles. The monoisotopic (exact) mass is 270 g/mol. The third-order valence-corrected chi connectivity index (χ3v) is 3.78. The fourth-order valence-corrected chi connectivity index (χ4v) is 2.60. The molecule has 0 aromatic rings. The van der Waals surface area contributed by atoms with Gasteiger partial charge < -0.3 is 9.47 Å². The Bertz CT molecular complexity index is 288. The van der Waals surface area contributed by atoms with Crippen LogP contribution in [-0.4, -0.2) is 25.7 Å². The van der Waals surface area contributed by atoms with Crippen molar-refractivity contribution in [1.29, 1.82) is 0 Å². The van der Waals surface area contributed by atoms with Crippen LogP contribution in [0.1, 0.15) is 58.3 Å². The van der Waals surface area contributed by atoms with Gasteiger partial charge in [-0.1, -0.05) is 32.6 Å². The van der Waals surface area contributed by atoms with E-state index in [0.29, 0.717) is 13.0 Å². The highest BCUT2D eigenvalue weighted by Gasteiger charge is 2.32. The summed E-state index contributed by atoms with van der Waals surface area (Å²) >= 11 is 0. The van der Waals surface area contributed by atoms with Gasteiger partial charge >= 0.3 is 11.9 Å². The summed E-state index contributed by atoms with van der Waals surface area (Å²) in [5.74, 6) is -0.578. The number of esters is 2. The van der Waals surface area contributed by atoms with Crippen LogP contribution < -0.4 is 0 Å². The predicted molar refractivity (Wildman–Crippen MR) is 72.6 cm³/mol. The van der Waals surface area contributed by atoms with Crippen molar-refractivity contribution in [3.8, 4) is 0 Å². The molecule has 0 saturated heterocycles. The standard InChI is InChI=1S/C15H26O4/c1-3-4-5-6-10-19-15(17)13-9-7-8-12(11-13)14(16)18-2/h12-13H,3-11H2,1-2H3. The van der Waals surface area contributed by atoms with Gasteiger partial charge in [-0.3, -0.25) is 9.59 Å². The van der Waals surface area contributed by atoms with Gasteiger partial charge in [0, 0.05) is 0 Å². The fourth-order valence-electron chi connectivity index (χ4n) is 2.60. The van der Waals surface area contributed by atoms with Crippen molar-refractivity contribution in [2.24, 2.45) is 11.8 Å². The molecule has 110 valence electrons. The first-order chi connectivity index (χ1) is 9.19. The number of carbonyl (C=O) groups excluding carboxylic acids is 2. The van der Waals surface area contributed by atoms with Gasteiger partial charge in [-0.05, 0) is 25.7 Å². The Kier molecular flexibility index (Phi) is 7.53. The van der Waals surface area contributed by atoms with Crippen LogP contribution in [0.3, 0.4) is 0 Å². The Hall–Kier alpha value is -1.06. The van der Waals surface area contributed by atoms with Crippen molar-refractivity contribution in [1.82, 2.24) is 0 Å². The molecule has 19 heavy (non-hydrogen) atoms. The summed E-state index contributed by atoms with van der Waals surface area (Å²) in [6.45, 7) is 2.67. The van der Waals surface area contributed by atoms with Gasteiger partial charge in [0.25, 0.3) is 0 Å². The van der Waals surface area contributed by atoms with Crippen molar-refractivity contribution in [3.63, 3.8) is 0 Å². The number of unbranched alkanes of at least 4 members (excludes halogenated alkanes) is 3. The minimum absolute atomic E-state index is 0.121. The van der Waals surface area contributed by atoms with E-state index in [0.717, 1.165) is 32.1 Å². The van der Waals surface area contributed by atoms with E-state index in [1.54, 1.807) is 0 Å². The van der Waals surface area contributed by atoms with Gasteiger partial charge in [0.1, 0.15) is 0 Å². The van der Waals surface area contributed by atoms with E-state index in [-0.39, 0.29) is 23.8 Å². The van der Waals surface area contributed by atoms with Crippen molar-refractivity contribution < 1.29 is 19.1 Å². The zero-order valence-electron chi connectivity index (χ0n) is 12.2. The number of hydrogen-bond donors (Lipinski definition) is 0. The summed E-state index contributed by atoms with van der Waals surface area (Å²) in [5, 5.41) is 0. The summed E-state index contributed by atoms with van der Waals surface area (Å²) in [7, 11) is 1.40. The fraction of sp³-hybridized carbons (Fsp3) is 0.867. The molecule has 4 nitrogen and oxygen atoms in total. The highest BCUT2D eigenvalue weighted by Crippen LogP contribution is 2.30. The first kappa shape index (κ1) is 16.0. The normalized spacial score (nSPS) is 22.8. The molecular weight excluding hydrogens is 244 g/mol. The second kappa shape index (κ2) is 8.94. The quantitative estimate of drug-likeness (QED) is 0.527. The minimum Gasteiger partial charge on any atom is -0.469 e. The molecule has 0 bridgehead atoms. The largest absolute Gasteiger partial charge is 0.469 e. The van der Waals surface area contributed by atoms with Gasteiger partial charge in [-0.2, -0.15) is 0 Å². The lowest BCUT2D eigenvalue weighted by Crippen LogP contribution is -2.29. The van der Waals surface area contributed by atoms with Crippen LogP contribution in [0.2, 0.25) is 0 Å². The molecule has 1 saturated carbocycles. The maximum Gasteiger partial charge on any atom is 0.308 e. The van der Waals surface area contributed by atoms with Crippen LogP contribution in [0.4, 0.5) is 0 Å². The van der Waals surface area contributed by atoms with Crippen molar-refractivity contribution in [2.75, 3.05) is 13.7 Å². The minimum atomic E-state index is -0.194. The summed E-state index contributed by atoms with van der Waals surface area (Å²) in [6.07, 6.45) is 7.55. The zero-order valence-corrected chi connectivity index (χ0v) is 12.2. The lowest BCUT2D eigenvalue weighted by molar-refractivity contribution is -0.153. The molecule has 1 aliphatic carbocycles. The lowest BCUT2D eigenvalue weighted by atomic mass is 9.81. The molecule has 1 aliphatic rings. The molecule has 0 aliphatic heterocycles. The molecule has 0 spiro atoms. The molecule has 1 fully saturated rings. The Morgan fingerprint density at radius 1 is 1.05 bits per heavy atom.